The summed E-state index contributed by atoms with van der Waals surface area (Å²) in [6.45, 7) is 4.36. The Hall–Kier alpha value is -6.06. The summed E-state index contributed by atoms with van der Waals surface area (Å²) in [5, 5.41) is 7.60. The van der Waals surface area contributed by atoms with Crippen molar-refractivity contribution in [2.75, 3.05) is 0 Å². The molecule has 3 nitrogen and oxygen atoms in total. The minimum atomic E-state index is 1.13. The Bertz CT molecular complexity index is 2580. The van der Waals surface area contributed by atoms with Gasteiger partial charge in [0.1, 0.15) is 0 Å². The van der Waals surface area contributed by atoms with E-state index in [1.165, 1.54) is 76.5 Å². The maximum Gasteiger partial charge on any atom is 0.0541 e. The SMILES string of the molecule is Cc1ccc2c(c1)c1cc(C)ccc1n2-c1cc(-n2c3ccccc3c3ccccc32)cc(-n2c3ccccc3c3ccccc32)c1. The van der Waals surface area contributed by atoms with Crippen molar-refractivity contribution in [3.8, 4) is 17.1 Å². The second-order valence-corrected chi connectivity index (χ2v) is 12.8. The highest BCUT2D eigenvalue weighted by atomic mass is 15.0. The van der Waals surface area contributed by atoms with Crippen LogP contribution >= 0.6 is 0 Å². The average Bonchev–Trinajstić information content (AvgIpc) is 3.73. The molecule has 10 aromatic rings. The van der Waals surface area contributed by atoms with E-state index in [0.717, 1.165) is 17.1 Å². The van der Waals surface area contributed by atoms with Gasteiger partial charge in [-0.1, -0.05) is 96.1 Å². The lowest BCUT2D eigenvalue weighted by molar-refractivity contribution is 1.10. The zero-order valence-electron chi connectivity index (χ0n) is 26.3. The molecule has 0 saturated carbocycles. The van der Waals surface area contributed by atoms with Crippen LogP contribution in [0.4, 0.5) is 0 Å². The predicted octanol–water partition coefficient (Wildman–Crippen LogP) is 11.6. The van der Waals surface area contributed by atoms with E-state index in [4.69, 9.17) is 0 Å². The van der Waals surface area contributed by atoms with Crippen molar-refractivity contribution < 1.29 is 0 Å². The van der Waals surface area contributed by atoms with Crippen LogP contribution in [-0.4, -0.2) is 13.7 Å². The second-order valence-electron chi connectivity index (χ2n) is 12.8. The fourth-order valence-corrected chi connectivity index (χ4v) is 7.90. The third-order valence-corrected chi connectivity index (χ3v) is 9.90. The van der Waals surface area contributed by atoms with Crippen LogP contribution in [0, 0.1) is 13.8 Å². The third-order valence-electron chi connectivity index (χ3n) is 9.90. The van der Waals surface area contributed by atoms with Gasteiger partial charge in [-0.3, -0.25) is 0 Å². The number of aromatic nitrogens is 3. The van der Waals surface area contributed by atoms with Gasteiger partial charge in [-0.05, 0) is 80.6 Å². The van der Waals surface area contributed by atoms with Gasteiger partial charge in [0.25, 0.3) is 0 Å². The smallest absolute Gasteiger partial charge is 0.0541 e. The number of rotatable bonds is 3. The lowest BCUT2D eigenvalue weighted by Crippen LogP contribution is -2.03. The van der Waals surface area contributed by atoms with E-state index in [2.05, 4.69) is 179 Å². The summed E-state index contributed by atoms with van der Waals surface area (Å²) in [6, 6.07) is 55.9. The van der Waals surface area contributed by atoms with E-state index in [0.29, 0.717) is 0 Å². The van der Waals surface area contributed by atoms with Crippen LogP contribution in [0.15, 0.2) is 152 Å². The van der Waals surface area contributed by atoms with Crippen LogP contribution in [0.2, 0.25) is 0 Å². The molecule has 7 aromatic carbocycles. The second kappa shape index (κ2) is 9.72. The Balaban J connectivity index is 1.38. The normalized spacial score (nSPS) is 12.0. The molecule has 0 atom stereocenters. The van der Waals surface area contributed by atoms with E-state index >= 15 is 0 Å². The molecule has 0 aliphatic rings. The molecule has 0 bridgehead atoms. The van der Waals surface area contributed by atoms with Crippen molar-refractivity contribution in [1.82, 2.24) is 13.7 Å². The summed E-state index contributed by atoms with van der Waals surface area (Å²) in [7, 11) is 0. The van der Waals surface area contributed by atoms with Gasteiger partial charge in [0.05, 0.1) is 50.2 Å². The van der Waals surface area contributed by atoms with E-state index in [9.17, 15) is 0 Å². The zero-order chi connectivity index (χ0) is 31.2. The minimum Gasteiger partial charge on any atom is -0.309 e. The molecule has 0 N–H and O–H groups in total. The van der Waals surface area contributed by atoms with Crippen molar-refractivity contribution in [2.45, 2.75) is 13.8 Å². The van der Waals surface area contributed by atoms with Crippen molar-refractivity contribution in [3.05, 3.63) is 163 Å². The molecule has 0 spiro atoms. The molecule has 3 heteroatoms. The fourth-order valence-electron chi connectivity index (χ4n) is 7.90. The van der Waals surface area contributed by atoms with Gasteiger partial charge >= 0.3 is 0 Å². The van der Waals surface area contributed by atoms with Crippen LogP contribution < -0.4 is 0 Å². The van der Waals surface area contributed by atoms with Gasteiger partial charge in [0.2, 0.25) is 0 Å². The fraction of sp³-hybridized carbons (Fsp3) is 0.0455. The minimum absolute atomic E-state index is 1.13. The molecule has 0 aliphatic carbocycles. The van der Waals surface area contributed by atoms with Crippen molar-refractivity contribution in [3.63, 3.8) is 0 Å². The number of hydrogen-bond acceptors (Lipinski definition) is 0. The summed E-state index contributed by atoms with van der Waals surface area (Å²) >= 11 is 0. The number of nitrogens with zero attached hydrogens (tertiary/aromatic N) is 3. The van der Waals surface area contributed by atoms with Gasteiger partial charge in [-0.25, -0.2) is 0 Å². The highest BCUT2D eigenvalue weighted by molar-refractivity contribution is 6.12. The molecule has 3 heterocycles. The summed E-state index contributed by atoms with van der Waals surface area (Å²) in [4.78, 5) is 0. The first-order valence-corrected chi connectivity index (χ1v) is 16.3. The molecule has 3 aromatic heterocycles. The monoisotopic (exact) mass is 601 g/mol. The highest BCUT2D eigenvalue weighted by Gasteiger charge is 2.19. The lowest BCUT2D eigenvalue weighted by atomic mass is 10.1. The molecule has 47 heavy (non-hydrogen) atoms. The van der Waals surface area contributed by atoms with Gasteiger partial charge in [-0.15, -0.1) is 0 Å². The third kappa shape index (κ3) is 3.74. The molecule has 0 fully saturated rings. The van der Waals surface area contributed by atoms with Crippen LogP contribution in [0.25, 0.3) is 82.5 Å². The van der Waals surface area contributed by atoms with Gasteiger partial charge in [-0.2, -0.15) is 0 Å². The largest absolute Gasteiger partial charge is 0.309 e. The predicted molar refractivity (Wildman–Crippen MR) is 199 cm³/mol. The Morgan fingerprint density at radius 3 is 0.872 bits per heavy atom. The lowest BCUT2D eigenvalue weighted by Gasteiger charge is -2.17. The number of benzene rings is 7. The Labute approximate surface area is 272 Å². The van der Waals surface area contributed by atoms with Gasteiger partial charge < -0.3 is 13.7 Å². The first-order chi connectivity index (χ1) is 23.1. The van der Waals surface area contributed by atoms with Crippen LogP contribution in [-0.2, 0) is 0 Å². The number of fused-ring (bicyclic) bond motifs is 9. The first kappa shape index (κ1) is 26.2. The zero-order valence-corrected chi connectivity index (χ0v) is 26.3. The molecule has 0 unspecified atom stereocenters. The standard InChI is InChI=1S/C44H31N3/c1-28-19-21-43-37(23-28)38-24-29(2)20-22-44(38)47(43)32-26-30(45-39-15-7-3-11-33(39)34-12-4-8-16-40(34)45)25-31(27-32)46-41-17-9-5-13-35(41)36-14-6-10-18-42(36)46/h3-27H,1-2H3. The molecule has 222 valence electrons. The van der Waals surface area contributed by atoms with Crippen molar-refractivity contribution >= 4 is 65.4 Å². The summed E-state index contributed by atoms with van der Waals surface area (Å²) in [6.07, 6.45) is 0. The van der Waals surface area contributed by atoms with Crippen molar-refractivity contribution in [1.29, 1.82) is 0 Å². The molecule has 0 saturated heterocycles. The quantitative estimate of drug-likeness (QED) is 0.191. The Kier molecular flexibility index (Phi) is 5.41. The number of para-hydroxylation sites is 4. The van der Waals surface area contributed by atoms with Gasteiger partial charge in [0.15, 0.2) is 0 Å². The van der Waals surface area contributed by atoms with Crippen LogP contribution in [0.3, 0.4) is 0 Å². The van der Waals surface area contributed by atoms with Crippen LogP contribution in [0.1, 0.15) is 11.1 Å². The van der Waals surface area contributed by atoms with Crippen molar-refractivity contribution in [2.24, 2.45) is 0 Å². The maximum absolute atomic E-state index is 2.46. The maximum atomic E-state index is 2.46. The molecule has 0 amide bonds. The number of hydrogen-bond donors (Lipinski definition) is 0. The Morgan fingerprint density at radius 2 is 0.553 bits per heavy atom. The molecule has 10 rings (SSSR count). The van der Waals surface area contributed by atoms with Gasteiger partial charge in [0, 0.05) is 32.3 Å². The van der Waals surface area contributed by atoms with E-state index in [-0.39, 0.29) is 0 Å². The highest BCUT2D eigenvalue weighted by Crippen LogP contribution is 2.39. The summed E-state index contributed by atoms with van der Waals surface area (Å²) in [5.74, 6) is 0. The van der Waals surface area contributed by atoms with E-state index in [1.54, 1.807) is 0 Å². The molecular formula is C44H31N3. The summed E-state index contributed by atoms with van der Waals surface area (Å²) < 4.78 is 7.33. The Morgan fingerprint density at radius 1 is 0.277 bits per heavy atom. The molecule has 0 radical (unpaired) electrons. The van der Waals surface area contributed by atoms with Crippen LogP contribution in [0.5, 0.6) is 0 Å². The number of aryl methyl sites for hydroxylation is 2. The molecule has 0 aliphatic heterocycles. The first-order valence-electron chi connectivity index (χ1n) is 16.3. The van der Waals surface area contributed by atoms with E-state index < -0.39 is 0 Å². The average molecular weight is 602 g/mol. The summed E-state index contributed by atoms with van der Waals surface area (Å²) in [5.41, 5.74) is 13.2. The topological polar surface area (TPSA) is 14.8 Å². The van der Waals surface area contributed by atoms with E-state index in [1.807, 2.05) is 0 Å². The molecular weight excluding hydrogens is 571 g/mol.